The Morgan fingerprint density at radius 1 is 0.548 bits per heavy atom. The molecule has 0 spiro atoms. The summed E-state index contributed by atoms with van der Waals surface area (Å²) in [4.78, 5) is 25.9. The molecule has 7 nitrogen and oxygen atoms in total. The van der Waals surface area contributed by atoms with Crippen LogP contribution in [0.1, 0.15) is 92.4 Å². The maximum Gasteiger partial charge on any atom is 0.261 e. The van der Waals surface area contributed by atoms with Gasteiger partial charge in [0, 0.05) is 6.54 Å². The zero-order valence-corrected chi connectivity index (χ0v) is 25.1. The third kappa shape index (κ3) is 10.8. The normalized spacial score (nSPS) is 12.0. The number of hydrogen-bond donors (Lipinski definition) is 1. The van der Waals surface area contributed by atoms with Gasteiger partial charge in [0.25, 0.3) is 11.8 Å². The first kappa shape index (κ1) is 32.5. The van der Waals surface area contributed by atoms with Gasteiger partial charge in [-0.3, -0.25) is 14.5 Å². The predicted molar refractivity (Wildman–Crippen MR) is 166 cm³/mol. The highest BCUT2D eigenvalue weighted by Gasteiger charge is 2.34. The van der Waals surface area contributed by atoms with Crippen molar-refractivity contribution in [3.63, 3.8) is 0 Å². The fraction of sp³-hybridized carbons (Fsp3) is 0.429. The molecule has 0 atom stereocenters. The van der Waals surface area contributed by atoms with E-state index in [1.165, 1.54) is 43.4 Å². The number of carbonyl (C=O) groups excluding carboxylic acids is 2. The molecule has 0 unspecified atom stereocenters. The second-order valence-corrected chi connectivity index (χ2v) is 10.3. The highest BCUT2D eigenvalue weighted by atomic mass is 16.5. The average Bonchev–Trinajstić information content (AvgIpc) is 3.26. The number of phenols is 1. The maximum atomic E-state index is 12.3. The number of imide groups is 1. The zero-order chi connectivity index (χ0) is 30.0. The van der Waals surface area contributed by atoms with E-state index < -0.39 is 0 Å². The van der Waals surface area contributed by atoms with E-state index in [2.05, 4.69) is 13.8 Å². The summed E-state index contributed by atoms with van der Waals surface area (Å²) in [7, 11) is 0. The van der Waals surface area contributed by atoms with E-state index in [4.69, 9.17) is 19.3 Å². The quantitative estimate of drug-likeness (QED) is 0.129. The Balaban J connectivity index is 0.000000291. The average molecular weight is 576 g/mol. The van der Waals surface area contributed by atoms with Gasteiger partial charge < -0.3 is 19.3 Å². The van der Waals surface area contributed by atoms with Crippen molar-refractivity contribution in [1.29, 1.82) is 0 Å². The molecule has 3 aromatic rings. The van der Waals surface area contributed by atoms with Crippen LogP contribution in [-0.4, -0.2) is 48.2 Å². The highest BCUT2D eigenvalue weighted by Crippen LogP contribution is 2.23. The molecule has 0 bridgehead atoms. The monoisotopic (exact) mass is 575 g/mol. The van der Waals surface area contributed by atoms with Gasteiger partial charge in [-0.2, -0.15) is 0 Å². The molecular formula is C35H45NO6. The molecule has 3 aromatic carbocycles. The first-order chi connectivity index (χ1) is 20.5. The zero-order valence-electron chi connectivity index (χ0n) is 25.1. The standard InChI is InChI=1S/C23H27NO4.C12H18O2/c1-2-3-4-7-16-27-18-11-13-19(14-12-18)28-17-8-15-24-22(25)20-9-5-6-10-21(20)23(24)26;1-2-3-4-5-10-14-12-8-6-11(13)7-9-12/h5-6,9-14H,2-4,7-8,15-17H2,1H3;6-9,13H,2-5,10H2,1H3. The van der Waals surface area contributed by atoms with E-state index in [0.717, 1.165) is 43.3 Å². The molecule has 4 rings (SSSR count). The third-order valence-electron chi connectivity index (χ3n) is 6.87. The number of hydrogen-bond acceptors (Lipinski definition) is 6. The number of benzene rings is 3. The minimum Gasteiger partial charge on any atom is -0.508 e. The number of ether oxygens (including phenoxy) is 3. The number of rotatable bonds is 17. The summed E-state index contributed by atoms with van der Waals surface area (Å²) in [6.45, 7) is 6.68. The molecule has 0 fully saturated rings. The van der Waals surface area contributed by atoms with Crippen LogP contribution in [0.25, 0.3) is 0 Å². The molecule has 0 aromatic heterocycles. The topological polar surface area (TPSA) is 85.3 Å². The van der Waals surface area contributed by atoms with Crippen molar-refractivity contribution in [3.8, 4) is 23.0 Å². The van der Waals surface area contributed by atoms with E-state index in [1.807, 2.05) is 24.3 Å². The largest absolute Gasteiger partial charge is 0.508 e. The van der Waals surface area contributed by atoms with Crippen LogP contribution in [0.2, 0.25) is 0 Å². The Hall–Kier alpha value is -4.00. The molecule has 7 heteroatoms. The molecule has 226 valence electrons. The van der Waals surface area contributed by atoms with Crippen LogP contribution in [0.15, 0.2) is 72.8 Å². The van der Waals surface area contributed by atoms with Gasteiger partial charge in [0.1, 0.15) is 23.0 Å². The van der Waals surface area contributed by atoms with Crippen molar-refractivity contribution < 1.29 is 28.9 Å². The highest BCUT2D eigenvalue weighted by molar-refractivity contribution is 6.21. The van der Waals surface area contributed by atoms with E-state index in [-0.39, 0.29) is 17.6 Å². The van der Waals surface area contributed by atoms with Crippen molar-refractivity contribution in [3.05, 3.63) is 83.9 Å². The molecular weight excluding hydrogens is 530 g/mol. The van der Waals surface area contributed by atoms with Crippen molar-refractivity contribution in [1.82, 2.24) is 4.90 Å². The van der Waals surface area contributed by atoms with Crippen LogP contribution in [0.4, 0.5) is 0 Å². The van der Waals surface area contributed by atoms with Gasteiger partial charge in [-0.05, 0) is 79.9 Å². The van der Waals surface area contributed by atoms with Crippen LogP contribution in [0, 0.1) is 0 Å². The number of unbranched alkanes of at least 4 members (excludes halogenated alkanes) is 6. The van der Waals surface area contributed by atoms with Crippen LogP contribution in [0.5, 0.6) is 23.0 Å². The van der Waals surface area contributed by atoms with E-state index >= 15 is 0 Å². The Labute approximate surface area is 250 Å². The lowest BCUT2D eigenvalue weighted by molar-refractivity contribution is 0.0646. The molecule has 2 amide bonds. The van der Waals surface area contributed by atoms with Gasteiger partial charge in [-0.25, -0.2) is 0 Å². The number of aromatic hydroxyl groups is 1. The summed E-state index contributed by atoms with van der Waals surface area (Å²) >= 11 is 0. The second kappa shape index (κ2) is 18.4. The lowest BCUT2D eigenvalue weighted by Crippen LogP contribution is -2.31. The third-order valence-corrected chi connectivity index (χ3v) is 6.87. The summed E-state index contributed by atoms with van der Waals surface area (Å²) in [6.07, 6.45) is 10.2. The molecule has 1 aliphatic heterocycles. The minimum atomic E-state index is -0.221. The lowest BCUT2D eigenvalue weighted by atomic mass is 10.1. The number of fused-ring (bicyclic) bond motifs is 1. The Kier molecular flexibility index (Phi) is 14.3. The van der Waals surface area contributed by atoms with Crippen molar-refractivity contribution in [2.45, 2.75) is 71.6 Å². The van der Waals surface area contributed by atoms with E-state index in [1.54, 1.807) is 48.5 Å². The number of carbonyl (C=O) groups is 2. The number of phenolic OH excluding ortho intramolecular Hbond substituents is 1. The van der Waals surface area contributed by atoms with Gasteiger partial charge in [0.15, 0.2) is 0 Å². The molecule has 0 radical (unpaired) electrons. The maximum absolute atomic E-state index is 12.3. The molecule has 0 saturated heterocycles. The van der Waals surface area contributed by atoms with Gasteiger partial charge in [-0.15, -0.1) is 0 Å². The van der Waals surface area contributed by atoms with Gasteiger partial charge >= 0.3 is 0 Å². The SMILES string of the molecule is CCCCCCOc1ccc(O)cc1.CCCCCCOc1ccc(OCCCN2C(=O)c3ccccc3C2=O)cc1. The van der Waals surface area contributed by atoms with Gasteiger partial charge in [0.2, 0.25) is 0 Å². The molecule has 1 heterocycles. The molecule has 42 heavy (non-hydrogen) atoms. The van der Waals surface area contributed by atoms with Crippen LogP contribution >= 0.6 is 0 Å². The molecule has 1 N–H and O–H groups in total. The Morgan fingerprint density at radius 2 is 0.952 bits per heavy atom. The van der Waals surface area contributed by atoms with Crippen molar-refractivity contribution >= 4 is 11.8 Å². The Bertz CT molecular complexity index is 1170. The smallest absolute Gasteiger partial charge is 0.261 e. The summed E-state index contributed by atoms with van der Waals surface area (Å²) < 4.78 is 16.9. The number of amides is 2. The first-order valence-corrected chi connectivity index (χ1v) is 15.3. The van der Waals surface area contributed by atoms with E-state index in [9.17, 15) is 9.59 Å². The lowest BCUT2D eigenvalue weighted by Gasteiger charge is -2.14. The molecule has 1 aliphatic rings. The molecule has 0 saturated carbocycles. The summed E-state index contributed by atoms with van der Waals surface area (Å²) in [5, 5.41) is 9.04. The van der Waals surface area contributed by atoms with Crippen molar-refractivity contribution in [2.75, 3.05) is 26.4 Å². The molecule has 0 aliphatic carbocycles. The summed E-state index contributed by atoms with van der Waals surface area (Å²) in [5.41, 5.74) is 0.970. The fourth-order valence-electron chi connectivity index (χ4n) is 4.47. The van der Waals surface area contributed by atoms with Crippen LogP contribution in [0.3, 0.4) is 0 Å². The fourth-order valence-corrected chi connectivity index (χ4v) is 4.47. The Morgan fingerprint density at radius 3 is 1.38 bits per heavy atom. The van der Waals surface area contributed by atoms with Crippen LogP contribution < -0.4 is 14.2 Å². The summed E-state index contributed by atoms with van der Waals surface area (Å²) in [5.74, 6) is 2.26. The van der Waals surface area contributed by atoms with Gasteiger partial charge in [0.05, 0.1) is 30.9 Å². The first-order valence-electron chi connectivity index (χ1n) is 15.3. The van der Waals surface area contributed by atoms with E-state index in [0.29, 0.717) is 30.7 Å². The van der Waals surface area contributed by atoms with Gasteiger partial charge in [-0.1, -0.05) is 64.5 Å². The number of nitrogens with zero attached hydrogens (tertiary/aromatic N) is 1. The predicted octanol–water partition coefficient (Wildman–Crippen LogP) is 8.06. The van der Waals surface area contributed by atoms with Crippen LogP contribution in [-0.2, 0) is 0 Å². The summed E-state index contributed by atoms with van der Waals surface area (Å²) in [6, 6.07) is 21.3. The van der Waals surface area contributed by atoms with Crippen molar-refractivity contribution in [2.24, 2.45) is 0 Å². The second-order valence-electron chi connectivity index (χ2n) is 10.3. The minimum absolute atomic E-state index is 0.221.